The standard InChI is InChI=1S/C76H82BN3O/c1-47-24-23-25-48(2)67(47)49-30-33-63-62(38-49)77-68-64(79(63)55-40-50(71(3,4)5)39-51(41-55)72(6,7)8)43-56(78(52-26-19-17-20-27-52)53-28-21-18-22-29-53)44-65(68)80(54-31-32-58-59(42-54)74(11,12)35-34-73(58,9)10)69-57-45-60-61(46-66(57)81-70(69)77)76(15,16)37-36-75(60,13)14/h17-33,38-46H,34-37H2,1-16H3. The Labute approximate surface area is 484 Å². The first-order valence-corrected chi connectivity index (χ1v) is 30.0. The van der Waals surface area contributed by atoms with E-state index in [1.807, 2.05) is 0 Å². The SMILES string of the molecule is Cc1cccc(C)c1-c1ccc2c(c1)B1c3oc4cc5c(cc4c3N(c3ccc4c(c3)C(C)(C)CCC4(C)C)c3cc(N(c4ccccc4)c4ccccc4)cc(c31)N2c1cc(C(C)(C)C)cc(C(C)(C)C)c1)C(C)(C)CCC5(C)C. The first-order valence-electron chi connectivity index (χ1n) is 30.0. The Balaban J connectivity index is 1.22. The smallest absolute Gasteiger partial charge is 0.297 e. The van der Waals surface area contributed by atoms with Crippen molar-refractivity contribution in [2.45, 2.75) is 169 Å². The quantitative estimate of drug-likeness (QED) is 0.155. The summed E-state index contributed by atoms with van der Waals surface area (Å²) >= 11 is 0. The minimum atomic E-state index is -0.251. The Morgan fingerprint density at radius 1 is 0.457 bits per heavy atom. The highest BCUT2D eigenvalue weighted by atomic mass is 16.3. The molecule has 2 aliphatic carbocycles. The molecule has 4 nitrogen and oxygen atoms in total. The lowest BCUT2D eigenvalue weighted by Crippen LogP contribution is -2.61. The van der Waals surface area contributed by atoms with Gasteiger partial charge in [-0.1, -0.05) is 176 Å². The third kappa shape index (κ3) is 8.52. The van der Waals surface area contributed by atoms with E-state index in [0.29, 0.717) is 0 Å². The van der Waals surface area contributed by atoms with Crippen molar-refractivity contribution >= 4 is 85.5 Å². The summed E-state index contributed by atoms with van der Waals surface area (Å²) in [6, 6.07) is 61.0. The Morgan fingerprint density at radius 2 is 0.975 bits per heavy atom. The average molecular weight is 1060 g/mol. The molecule has 13 rings (SSSR count). The Morgan fingerprint density at radius 3 is 1.53 bits per heavy atom. The molecule has 9 aromatic rings. The van der Waals surface area contributed by atoms with E-state index < -0.39 is 0 Å². The van der Waals surface area contributed by atoms with E-state index in [-0.39, 0.29) is 39.2 Å². The van der Waals surface area contributed by atoms with Gasteiger partial charge in [-0.05, 0) is 217 Å². The number of furan rings is 1. The molecule has 0 amide bonds. The van der Waals surface area contributed by atoms with Crippen LogP contribution in [-0.4, -0.2) is 6.71 Å². The number of aryl methyl sites for hydroxylation is 2. The first kappa shape index (κ1) is 53.1. The number of fused-ring (bicyclic) bond motifs is 8. The van der Waals surface area contributed by atoms with Gasteiger partial charge in [-0.3, -0.25) is 0 Å². The van der Waals surface area contributed by atoms with Gasteiger partial charge < -0.3 is 19.1 Å². The Hall–Kier alpha value is -7.24. The van der Waals surface area contributed by atoms with Crippen LogP contribution >= 0.6 is 0 Å². The summed E-state index contributed by atoms with van der Waals surface area (Å²) < 4.78 is 7.87. The zero-order valence-corrected chi connectivity index (χ0v) is 51.2. The van der Waals surface area contributed by atoms with Crippen LogP contribution in [0.4, 0.5) is 51.2 Å². The van der Waals surface area contributed by atoms with E-state index in [0.717, 1.165) is 76.7 Å². The molecule has 0 unspecified atom stereocenters. The van der Waals surface area contributed by atoms with Gasteiger partial charge in [0, 0.05) is 45.2 Å². The molecule has 5 heteroatoms. The van der Waals surface area contributed by atoms with Crippen molar-refractivity contribution < 1.29 is 4.42 Å². The van der Waals surface area contributed by atoms with Crippen LogP contribution in [0.25, 0.3) is 22.1 Å². The highest BCUT2D eigenvalue weighted by molar-refractivity contribution is 7.00. The Kier molecular flexibility index (Phi) is 11.9. The Bertz CT molecular complexity index is 3920. The van der Waals surface area contributed by atoms with Gasteiger partial charge in [-0.15, -0.1) is 0 Å². The van der Waals surface area contributed by atoms with E-state index >= 15 is 0 Å². The van der Waals surface area contributed by atoms with Gasteiger partial charge in [0.1, 0.15) is 5.58 Å². The number of benzene rings is 8. The van der Waals surface area contributed by atoms with E-state index in [1.165, 1.54) is 83.3 Å². The van der Waals surface area contributed by atoms with Crippen LogP contribution in [0.15, 0.2) is 162 Å². The molecule has 4 aliphatic rings. The van der Waals surface area contributed by atoms with Crippen LogP contribution in [-0.2, 0) is 32.5 Å². The maximum atomic E-state index is 7.87. The van der Waals surface area contributed by atoms with Gasteiger partial charge in [-0.25, -0.2) is 0 Å². The molecule has 0 N–H and O–H groups in total. The van der Waals surface area contributed by atoms with Crippen LogP contribution in [0.5, 0.6) is 0 Å². The van der Waals surface area contributed by atoms with Gasteiger partial charge in [0.25, 0.3) is 6.71 Å². The normalized spacial score (nSPS) is 17.3. The minimum Gasteiger partial charge on any atom is -0.468 e. The topological polar surface area (TPSA) is 22.9 Å². The maximum Gasteiger partial charge on any atom is 0.297 e. The van der Waals surface area contributed by atoms with Crippen molar-refractivity contribution in [3.8, 4) is 11.1 Å². The molecular formula is C76H82BN3O. The maximum absolute atomic E-state index is 7.87. The molecule has 3 heterocycles. The molecular weight excluding hydrogens is 982 g/mol. The van der Waals surface area contributed by atoms with E-state index in [1.54, 1.807) is 0 Å². The third-order valence-corrected chi connectivity index (χ3v) is 19.7. The molecule has 0 saturated carbocycles. The second-order valence-electron chi connectivity index (χ2n) is 29.3. The summed E-state index contributed by atoms with van der Waals surface area (Å²) in [4.78, 5) is 7.76. The van der Waals surface area contributed by atoms with Gasteiger partial charge in [0.2, 0.25) is 0 Å². The van der Waals surface area contributed by atoms with Crippen molar-refractivity contribution in [3.63, 3.8) is 0 Å². The predicted octanol–water partition coefficient (Wildman–Crippen LogP) is 19.6. The van der Waals surface area contributed by atoms with Crippen LogP contribution < -0.4 is 31.3 Å². The molecule has 0 saturated heterocycles. The molecule has 1 aromatic heterocycles. The fraction of sp³-hybridized carbons (Fsp3) is 0.342. The number of para-hydroxylation sites is 2. The predicted molar refractivity (Wildman–Crippen MR) is 348 cm³/mol. The number of anilines is 9. The third-order valence-electron chi connectivity index (χ3n) is 19.7. The molecule has 0 bridgehead atoms. The summed E-state index contributed by atoms with van der Waals surface area (Å²) in [6.07, 6.45) is 4.54. The zero-order chi connectivity index (χ0) is 57.1. The summed E-state index contributed by atoms with van der Waals surface area (Å²) in [6.45, 7) is 38.0. The summed E-state index contributed by atoms with van der Waals surface area (Å²) in [5.74, 6) is 0. The van der Waals surface area contributed by atoms with Crippen molar-refractivity contribution in [2.24, 2.45) is 0 Å². The lowest BCUT2D eigenvalue weighted by Gasteiger charge is -2.45. The molecule has 2 aliphatic heterocycles. The second-order valence-corrected chi connectivity index (χ2v) is 29.3. The van der Waals surface area contributed by atoms with Crippen molar-refractivity contribution in [3.05, 3.63) is 202 Å². The van der Waals surface area contributed by atoms with Crippen molar-refractivity contribution in [1.82, 2.24) is 0 Å². The van der Waals surface area contributed by atoms with E-state index in [2.05, 4.69) is 283 Å². The molecule has 8 aromatic carbocycles. The molecule has 0 fully saturated rings. The van der Waals surface area contributed by atoms with E-state index in [9.17, 15) is 0 Å². The van der Waals surface area contributed by atoms with Crippen molar-refractivity contribution in [2.75, 3.05) is 14.7 Å². The lowest BCUT2D eigenvalue weighted by molar-refractivity contribution is 0.332. The molecule has 0 atom stereocenters. The lowest BCUT2D eigenvalue weighted by atomic mass is 9.35. The van der Waals surface area contributed by atoms with Crippen molar-refractivity contribution in [1.29, 1.82) is 0 Å². The number of rotatable bonds is 6. The summed E-state index contributed by atoms with van der Waals surface area (Å²) in [5, 5.41) is 1.18. The summed E-state index contributed by atoms with van der Waals surface area (Å²) in [7, 11) is 0. The second kappa shape index (κ2) is 18.1. The fourth-order valence-corrected chi connectivity index (χ4v) is 14.6. The van der Waals surface area contributed by atoms with Gasteiger partial charge in [-0.2, -0.15) is 0 Å². The molecule has 0 radical (unpaired) electrons. The monoisotopic (exact) mass is 1060 g/mol. The van der Waals surface area contributed by atoms with Crippen LogP contribution in [0.1, 0.15) is 167 Å². The molecule has 410 valence electrons. The van der Waals surface area contributed by atoms with Gasteiger partial charge >= 0.3 is 0 Å². The van der Waals surface area contributed by atoms with E-state index in [4.69, 9.17) is 4.42 Å². The van der Waals surface area contributed by atoms with Gasteiger partial charge in [0.15, 0.2) is 0 Å². The largest absolute Gasteiger partial charge is 0.468 e. The average Bonchev–Trinajstić information content (AvgIpc) is 2.11. The van der Waals surface area contributed by atoms with Gasteiger partial charge in [0.05, 0.1) is 17.0 Å². The highest BCUT2D eigenvalue weighted by Crippen LogP contribution is 2.55. The molecule has 0 spiro atoms. The number of hydrogen-bond acceptors (Lipinski definition) is 4. The molecule has 81 heavy (non-hydrogen) atoms. The van der Waals surface area contributed by atoms with Crippen LogP contribution in [0, 0.1) is 13.8 Å². The van der Waals surface area contributed by atoms with Crippen LogP contribution in [0.3, 0.4) is 0 Å². The fourth-order valence-electron chi connectivity index (χ4n) is 14.6. The van der Waals surface area contributed by atoms with Crippen LogP contribution in [0.2, 0.25) is 0 Å². The summed E-state index contributed by atoms with van der Waals surface area (Å²) in [5.41, 5.74) is 27.9. The number of nitrogens with zero attached hydrogens (tertiary/aromatic N) is 3. The highest BCUT2D eigenvalue weighted by Gasteiger charge is 2.49. The minimum absolute atomic E-state index is 0.00196. The zero-order valence-electron chi connectivity index (χ0n) is 51.2. The number of hydrogen-bond donors (Lipinski definition) is 0. The first-order chi connectivity index (χ1) is 38.2.